The Morgan fingerprint density at radius 2 is 0.714 bits per heavy atom. The molecule has 0 N–H and O–H groups in total. The Bertz CT molecular complexity index is 575. The normalized spacial score (nSPS) is 10.7. The summed E-state index contributed by atoms with van der Waals surface area (Å²) in [5, 5.41) is 3.73. The Kier molecular flexibility index (Phi) is 5.80. The van der Waals surface area contributed by atoms with Crippen LogP contribution in [0.5, 0.6) is 0 Å². The summed E-state index contributed by atoms with van der Waals surface area (Å²) < 4.78 is 0. The summed E-state index contributed by atoms with van der Waals surface area (Å²) in [6.45, 7) is -1.94. The monoisotopic (exact) mass is 400 g/mol. The van der Waals surface area contributed by atoms with Gasteiger partial charge in [0.1, 0.15) is 0 Å². The van der Waals surface area contributed by atoms with Crippen LogP contribution < -0.4 is 15.9 Å². The fraction of sp³-hybridized carbons (Fsp3) is 0. The molecule has 0 aromatic heterocycles. The zero-order valence-electron chi connectivity index (χ0n) is 11.3. The standard InChI is InChI=1S/C18H15PS.Pd/c20-19(16-10-4-1-5-11-16,17-12-6-2-7-13-17)18-14-8-3-9-15-18;/h1-15H;. The largest absolute Gasteiger partial charge is 0.540 e. The van der Waals surface area contributed by atoms with E-state index < -0.39 is 6.46 Å². The smallest absolute Gasteiger partial charge is 0.0830 e. The van der Waals surface area contributed by atoms with Gasteiger partial charge < -0.3 is 12.2 Å². The predicted octanol–water partition coefficient (Wildman–Crippen LogP) is 3.44. The molecule has 0 aliphatic rings. The van der Waals surface area contributed by atoms with Crippen molar-refractivity contribution in [3.05, 3.63) is 91.0 Å². The predicted molar refractivity (Wildman–Crippen MR) is 92.5 cm³/mol. The molecule has 3 heteroatoms. The molecule has 108 valence electrons. The molecule has 0 unspecified atom stereocenters. The molecule has 0 aliphatic heterocycles. The number of hydrogen-bond acceptors (Lipinski definition) is 1. The number of hydrogen-bond donors (Lipinski definition) is 0. The van der Waals surface area contributed by atoms with Crippen LogP contribution in [0.3, 0.4) is 0 Å². The zero-order valence-corrected chi connectivity index (χ0v) is 14.6. The van der Waals surface area contributed by atoms with E-state index in [1.807, 2.05) is 18.2 Å². The van der Waals surface area contributed by atoms with Crippen molar-refractivity contribution in [2.24, 2.45) is 0 Å². The van der Waals surface area contributed by atoms with Gasteiger partial charge in [0, 0.05) is 20.4 Å². The van der Waals surface area contributed by atoms with E-state index in [4.69, 9.17) is 12.2 Å². The second kappa shape index (κ2) is 7.39. The van der Waals surface area contributed by atoms with Gasteiger partial charge in [0.05, 0.1) is 15.9 Å². The van der Waals surface area contributed by atoms with E-state index in [-0.39, 0.29) is 20.4 Å². The molecule has 0 saturated carbocycles. The average molecular weight is 401 g/mol. The van der Waals surface area contributed by atoms with E-state index in [0.717, 1.165) is 0 Å². The molecule has 0 bridgehead atoms. The van der Waals surface area contributed by atoms with Crippen LogP contribution in [-0.2, 0) is 32.7 Å². The van der Waals surface area contributed by atoms with Gasteiger partial charge in [0.15, 0.2) is 0 Å². The molecular weight excluding hydrogens is 386 g/mol. The molecule has 0 atom stereocenters. The summed E-state index contributed by atoms with van der Waals surface area (Å²) in [6.07, 6.45) is 0. The molecule has 0 fully saturated rings. The van der Waals surface area contributed by atoms with Crippen LogP contribution in [0.2, 0.25) is 0 Å². The Labute approximate surface area is 145 Å². The van der Waals surface area contributed by atoms with Gasteiger partial charge in [-0.15, -0.1) is 0 Å². The third-order valence-electron chi connectivity index (χ3n) is 3.36. The van der Waals surface area contributed by atoms with Gasteiger partial charge in [0.25, 0.3) is 0 Å². The Hall–Kier alpha value is -0.898. The molecule has 0 aliphatic carbocycles. The molecule has 0 heterocycles. The first-order valence-corrected chi connectivity index (χ1v) is 9.39. The van der Waals surface area contributed by atoms with Crippen molar-refractivity contribution in [2.75, 3.05) is 0 Å². The van der Waals surface area contributed by atoms with Gasteiger partial charge in [-0.1, -0.05) is 54.6 Å². The average Bonchev–Trinajstić information content (AvgIpc) is 2.56. The summed E-state index contributed by atoms with van der Waals surface area (Å²) in [7, 11) is 0. The summed E-state index contributed by atoms with van der Waals surface area (Å²) in [6, 6.07) is 31.5. The molecule has 0 spiro atoms. The third kappa shape index (κ3) is 3.31. The van der Waals surface area contributed by atoms with Crippen molar-refractivity contribution in [3.8, 4) is 0 Å². The fourth-order valence-electron chi connectivity index (χ4n) is 2.36. The van der Waals surface area contributed by atoms with Crippen molar-refractivity contribution < 1.29 is 20.4 Å². The second-order valence-electron chi connectivity index (χ2n) is 4.62. The van der Waals surface area contributed by atoms with Crippen molar-refractivity contribution in [3.63, 3.8) is 0 Å². The van der Waals surface area contributed by atoms with Crippen molar-refractivity contribution in [1.82, 2.24) is 0 Å². The summed E-state index contributed by atoms with van der Waals surface area (Å²) >= 11 is 6.21. The van der Waals surface area contributed by atoms with Crippen LogP contribution in [0.4, 0.5) is 0 Å². The topological polar surface area (TPSA) is 0 Å². The maximum Gasteiger partial charge on any atom is 0.0830 e. The van der Waals surface area contributed by atoms with E-state index in [1.54, 1.807) is 0 Å². The van der Waals surface area contributed by atoms with Gasteiger partial charge in [-0.05, 0) is 42.9 Å². The van der Waals surface area contributed by atoms with E-state index >= 15 is 0 Å². The third-order valence-corrected chi connectivity index (χ3v) is 8.33. The van der Waals surface area contributed by atoms with Gasteiger partial charge in [-0.3, -0.25) is 0 Å². The van der Waals surface area contributed by atoms with E-state index in [9.17, 15) is 0 Å². The van der Waals surface area contributed by atoms with Crippen molar-refractivity contribution in [2.45, 2.75) is 0 Å². The maximum atomic E-state index is 6.21. The maximum absolute atomic E-state index is 6.21. The Morgan fingerprint density at radius 1 is 0.476 bits per heavy atom. The van der Waals surface area contributed by atoms with E-state index in [2.05, 4.69) is 72.8 Å². The molecule has 0 nitrogen and oxygen atoms in total. The molecule has 21 heavy (non-hydrogen) atoms. The van der Waals surface area contributed by atoms with Gasteiger partial charge in [0.2, 0.25) is 0 Å². The van der Waals surface area contributed by atoms with Gasteiger partial charge in [-0.25, -0.2) is 0 Å². The zero-order chi connectivity index (χ0) is 13.8. The van der Waals surface area contributed by atoms with Crippen LogP contribution in [0, 0.1) is 0 Å². The van der Waals surface area contributed by atoms with Gasteiger partial charge in [-0.2, -0.15) is 0 Å². The second-order valence-corrected chi connectivity index (χ2v) is 9.03. The minimum Gasteiger partial charge on any atom is -0.540 e. The first-order chi connectivity index (χ1) is 9.82. The molecule has 0 saturated heterocycles. The molecule has 3 aromatic carbocycles. The van der Waals surface area contributed by atoms with Crippen molar-refractivity contribution >= 4 is 34.6 Å². The van der Waals surface area contributed by atoms with Crippen LogP contribution in [0.1, 0.15) is 0 Å². The fourth-order valence-corrected chi connectivity index (χ4v) is 6.13. The first kappa shape index (κ1) is 16.5. The minimum absolute atomic E-state index is 0. The molecule has 3 aromatic rings. The van der Waals surface area contributed by atoms with E-state index in [0.29, 0.717) is 0 Å². The van der Waals surface area contributed by atoms with E-state index in [1.165, 1.54) is 15.9 Å². The molecule has 0 radical (unpaired) electrons. The number of rotatable bonds is 3. The summed E-state index contributed by atoms with van der Waals surface area (Å²) in [4.78, 5) is 0. The molecular formula is C18H15PPdS. The SMILES string of the molecule is [Pd].[S-][P+](c1ccccc1)(c1ccccc1)c1ccccc1. The van der Waals surface area contributed by atoms with Gasteiger partial charge >= 0.3 is 0 Å². The summed E-state index contributed by atoms with van der Waals surface area (Å²) in [5.41, 5.74) is 0. The number of benzene rings is 3. The minimum atomic E-state index is -1.94. The quantitative estimate of drug-likeness (QED) is 0.369. The van der Waals surface area contributed by atoms with Crippen LogP contribution in [0.15, 0.2) is 91.0 Å². The van der Waals surface area contributed by atoms with Crippen LogP contribution >= 0.6 is 6.46 Å². The summed E-state index contributed by atoms with van der Waals surface area (Å²) in [5.74, 6) is 0. The first-order valence-electron chi connectivity index (χ1n) is 6.59. The van der Waals surface area contributed by atoms with Crippen LogP contribution in [0.25, 0.3) is 0 Å². The van der Waals surface area contributed by atoms with Crippen molar-refractivity contribution in [1.29, 1.82) is 0 Å². The molecule has 0 amide bonds. The van der Waals surface area contributed by atoms with Crippen LogP contribution in [-0.4, -0.2) is 0 Å². The molecule has 3 rings (SSSR count). The Balaban J connectivity index is 0.00000161. The Morgan fingerprint density at radius 3 is 0.952 bits per heavy atom.